The van der Waals surface area contributed by atoms with Crippen molar-refractivity contribution in [2.75, 3.05) is 52.5 Å². The Labute approximate surface area is 139 Å². The van der Waals surface area contributed by atoms with Crippen molar-refractivity contribution in [3.8, 4) is 0 Å². The molecule has 0 spiro atoms. The van der Waals surface area contributed by atoms with Crippen LogP contribution in [0.2, 0.25) is 0 Å². The van der Waals surface area contributed by atoms with Crippen LogP contribution in [0.25, 0.3) is 6.08 Å². The molecule has 1 N–H and O–H groups in total. The van der Waals surface area contributed by atoms with Gasteiger partial charge in [0.2, 0.25) is 0 Å². The molecule has 2 rings (SSSR count). The Morgan fingerprint density at radius 1 is 1.13 bits per heavy atom. The van der Waals surface area contributed by atoms with E-state index in [-0.39, 0.29) is 0 Å². The van der Waals surface area contributed by atoms with E-state index in [4.69, 9.17) is 4.74 Å². The number of β-amino-alcohol motifs (C(OH)–C–C–N with tert-alkyl or cyclic N) is 1. The lowest BCUT2D eigenvalue weighted by Gasteiger charge is -2.35. The van der Waals surface area contributed by atoms with Crippen molar-refractivity contribution in [2.45, 2.75) is 6.10 Å². The quantitative estimate of drug-likeness (QED) is 0.557. The SMILES string of the molecule is C=CCOCC(O)CN1CCN(CC=Cc2ccccc2)CC1. The van der Waals surface area contributed by atoms with Crippen LogP contribution in [0, 0.1) is 0 Å². The predicted octanol–water partition coefficient (Wildman–Crippen LogP) is 1.88. The van der Waals surface area contributed by atoms with E-state index in [1.807, 2.05) is 6.07 Å². The number of hydrogen-bond acceptors (Lipinski definition) is 4. The standard InChI is InChI=1S/C19H28N2O2/c1-2-15-23-17-19(22)16-21-13-11-20(12-14-21)10-6-9-18-7-4-3-5-8-18/h2-9,19,22H,1,10-17H2. The summed E-state index contributed by atoms with van der Waals surface area (Å²) in [4.78, 5) is 4.75. The highest BCUT2D eigenvalue weighted by atomic mass is 16.5. The maximum absolute atomic E-state index is 9.94. The van der Waals surface area contributed by atoms with E-state index < -0.39 is 6.10 Å². The first-order valence-electron chi connectivity index (χ1n) is 8.31. The summed E-state index contributed by atoms with van der Waals surface area (Å²) >= 11 is 0. The van der Waals surface area contributed by atoms with Crippen molar-refractivity contribution in [1.82, 2.24) is 9.80 Å². The van der Waals surface area contributed by atoms with Gasteiger partial charge in [0.05, 0.1) is 19.3 Å². The fraction of sp³-hybridized carbons (Fsp3) is 0.474. The molecule has 126 valence electrons. The highest BCUT2D eigenvalue weighted by Gasteiger charge is 2.18. The molecule has 0 radical (unpaired) electrons. The highest BCUT2D eigenvalue weighted by Crippen LogP contribution is 2.05. The van der Waals surface area contributed by atoms with Crippen LogP contribution in [0.1, 0.15) is 5.56 Å². The molecule has 1 fully saturated rings. The minimum absolute atomic E-state index is 0.381. The van der Waals surface area contributed by atoms with Crippen molar-refractivity contribution in [1.29, 1.82) is 0 Å². The summed E-state index contributed by atoms with van der Waals surface area (Å²) in [5.74, 6) is 0. The molecule has 4 nitrogen and oxygen atoms in total. The maximum atomic E-state index is 9.94. The highest BCUT2D eigenvalue weighted by molar-refractivity contribution is 5.48. The first-order chi connectivity index (χ1) is 11.3. The van der Waals surface area contributed by atoms with Crippen LogP contribution in [0.3, 0.4) is 0 Å². The van der Waals surface area contributed by atoms with Crippen LogP contribution in [0.4, 0.5) is 0 Å². The van der Waals surface area contributed by atoms with Gasteiger partial charge in [0, 0.05) is 39.3 Å². The van der Waals surface area contributed by atoms with Crippen molar-refractivity contribution >= 4 is 6.08 Å². The average Bonchev–Trinajstić information content (AvgIpc) is 2.58. The largest absolute Gasteiger partial charge is 0.389 e. The fourth-order valence-corrected chi connectivity index (χ4v) is 2.69. The summed E-state index contributed by atoms with van der Waals surface area (Å²) in [6, 6.07) is 10.4. The molecule has 1 heterocycles. The van der Waals surface area contributed by atoms with Gasteiger partial charge in [0.1, 0.15) is 0 Å². The molecule has 1 aliphatic rings. The van der Waals surface area contributed by atoms with Gasteiger partial charge in [0.25, 0.3) is 0 Å². The first-order valence-corrected chi connectivity index (χ1v) is 8.31. The van der Waals surface area contributed by atoms with E-state index in [0.717, 1.165) is 32.7 Å². The van der Waals surface area contributed by atoms with Crippen molar-refractivity contribution in [3.63, 3.8) is 0 Å². The number of nitrogens with zero attached hydrogens (tertiary/aromatic N) is 2. The van der Waals surface area contributed by atoms with Gasteiger partial charge in [-0.3, -0.25) is 9.80 Å². The van der Waals surface area contributed by atoms with Gasteiger partial charge < -0.3 is 9.84 Å². The third-order valence-electron chi connectivity index (χ3n) is 3.95. The molecule has 1 atom stereocenters. The zero-order valence-electron chi connectivity index (χ0n) is 13.8. The molecule has 1 aliphatic heterocycles. The number of aliphatic hydroxyl groups excluding tert-OH is 1. The van der Waals surface area contributed by atoms with Gasteiger partial charge in [-0.25, -0.2) is 0 Å². The summed E-state index contributed by atoms with van der Waals surface area (Å²) in [6.07, 6.45) is 5.68. The van der Waals surface area contributed by atoms with Gasteiger partial charge in [-0.15, -0.1) is 6.58 Å². The van der Waals surface area contributed by atoms with Gasteiger partial charge in [-0.05, 0) is 5.56 Å². The van der Waals surface area contributed by atoms with Gasteiger partial charge in [0.15, 0.2) is 0 Å². The van der Waals surface area contributed by atoms with Crippen LogP contribution in [-0.4, -0.2) is 73.5 Å². The molecule has 0 amide bonds. The molecule has 0 saturated carbocycles. The Bertz CT molecular complexity index is 468. The number of hydrogen-bond donors (Lipinski definition) is 1. The molecule has 23 heavy (non-hydrogen) atoms. The van der Waals surface area contributed by atoms with Crippen molar-refractivity contribution in [2.24, 2.45) is 0 Å². The second kappa shape index (κ2) is 10.3. The Kier molecular flexibility index (Phi) is 8.04. The second-order valence-electron chi connectivity index (χ2n) is 5.89. The lowest BCUT2D eigenvalue weighted by atomic mass is 10.2. The fourth-order valence-electron chi connectivity index (χ4n) is 2.69. The summed E-state index contributed by atoms with van der Waals surface area (Å²) in [6.45, 7) is 10.2. The molecule has 1 aromatic carbocycles. The number of aliphatic hydroxyl groups is 1. The van der Waals surface area contributed by atoms with Crippen LogP contribution in [-0.2, 0) is 4.74 Å². The van der Waals surface area contributed by atoms with Crippen molar-refractivity contribution in [3.05, 3.63) is 54.6 Å². The summed E-state index contributed by atoms with van der Waals surface area (Å²) in [5.41, 5.74) is 1.24. The zero-order valence-corrected chi connectivity index (χ0v) is 13.8. The molecule has 0 bridgehead atoms. The minimum atomic E-state index is -0.417. The smallest absolute Gasteiger partial charge is 0.0900 e. The van der Waals surface area contributed by atoms with Crippen LogP contribution >= 0.6 is 0 Å². The Morgan fingerprint density at radius 3 is 2.52 bits per heavy atom. The molecule has 4 heteroatoms. The Morgan fingerprint density at radius 2 is 1.83 bits per heavy atom. The topological polar surface area (TPSA) is 35.9 Å². The third kappa shape index (κ3) is 7.10. The van der Waals surface area contributed by atoms with Crippen LogP contribution in [0.15, 0.2) is 49.1 Å². The van der Waals surface area contributed by atoms with E-state index in [2.05, 4.69) is 52.8 Å². The van der Waals surface area contributed by atoms with E-state index in [1.165, 1.54) is 5.56 Å². The number of piperazine rings is 1. The second-order valence-corrected chi connectivity index (χ2v) is 5.89. The van der Waals surface area contributed by atoms with Crippen LogP contribution in [0.5, 0.6) is 0 Å². The van der Waals surface area contributed by atoms with Crippen molar-refractivity contribution < 1.29 is 9.84 Å². The van der Waals surface area contributed by atoms with Gasteiger partial charge in [-0.2, -0.15) is 0 Å². The Balaban J connectivity index is 1.62. The number of ether oxygens (including phenoxy) is 1. The normalized spacial score (nSPS) is 18.3. The maximum Gasteiger partial charge on any atom is 0.0900 e. The van der Waals surface area contributed by atoms with Crippen LogP contribution < -0.4 is 0 Å². The minimum Gasteiger partial charge on any atom is -0.389 e. The molecular formula is C19H28N2O2. The third-order valence-corrected chi connectivity index (χ3v) is 3.95. The zero-order chi connectivity index (χ0) is 16.3. The molecule has 1 aromatic rings. The van der Waals surface area contributed by atoms with E-state index in [9.17, 15) is 5.11 Å². The summed E-state index contributed by atoms with van der Waals surface area (Å²) < 4.78 is 5.29. The predicted molar refractivity (Wildman–Crippen MR) is 95.4 cm³/mol. The number of benzene rings is 1. The lowest BCUT2D eigenvalue weighted by Crippen LogP contribution is -2.49. The van der Waals surface area contributed by atoms with E-state index >= 15 is 0 Å². The Hall–Kier alpha value is -1.46. The lowest BCUT2D eigenvalue weighted by molar-refractivity contribution is 0.0159. The molecule has 1 saturated heterocycles. The molecule has 0 aromatic heterocycles. The van der Waals surface area contributed by atoms with E-state index in [1.54, 1.807) is 6.08 Å². The average molecular weight is 316 g/mol. The molecular weight excluding hydrogens is 288 g/mol. The first kappa shape index (κ1) is 17.9. The number of rotatable bonds is 9. The van der Waals surface area contributed by atoms with Gasteiger partial charge >= 0.3 is 0 Å². The summed E-state index contributed by atoms with van der Waals surface area (Å²) in [5, 5.41) is 9.94. The molecule has 1 unspecified atom stereocenters. The monoisotopic (exact) mass is 316 g/mol. The van der Waals surface area contributed by atoms with Gasteiger partial charge in [-0.1, -0.05) is 48.6 Å². The molecule has 0 aliphatic carbocycles. The summed E-state index contributed by atoms with van der Waals surface area (Å²) in [7, 11) is 0. The van der Waals surface area contributed by atoms with E-state index in [0.29, 0.717) is 19.8 Å².